The number of carboxylic acid groups (broad SMARTS) is 1. The maximum atomic E-state index is 11.2. The van der Waals surface area contributed by atoms with Gasteiger partial charge in [0.2, 0.25) is 0 Å². The Bertz CT molecular complexity index is 474. The molecule has 0 aliphatic carbocycles. The first-order valence-corrected chi connectivity index (χ1v) is 6.74. The monoisotopic (exact) mass is 295 g/mol. The van der Waals surface area contributed by atoms with Gasteiger partial charge in [0.25, 0.3) is 0 Å². The molecule has 2 aliphatic heterocycles. The fourth-order valence-corrected chi connectivity index (χ4v) is 3.47. The Morgan fingerprint density at radius 2 is 2.24 bits per heavy atom. The first kappa shape index (κ1) is 11.1. The van der Waals surface area contributed by atoms with E-state index in [1.165, 1.54) is 11.3 Å². The minimum Gasteiger partial charge on any atom is -0.481 e. The van der Waals surface area contributed by atoms with Crippen LogP contribution in [-0.4, -0.2) is 23.7 Å². The molecule has 0 spiro atoms. The number of carbonyl (C=O) groups is 1. The molecule has 90 valence electrons. The summed E-state index contributed by atoms with van der Waals surface area (Å²) in [7, 11) is 0. The highest BCUT2D eigenvalue weighted by atomic mass is 79.9. The summed E-state index contributed by atoms with van der Waals surface area (Å²) < 4.78 is 1.07. The van der Waals surface area contributed by atoms with E-state index in [2.05, 4.69) is 39.0 Å². The van der Waals surface area contributed by atoms with Crippen LogP contribution < -0.4 is 4.90 Å². The van der Waals surface area contributed by atoms with Gasteiger partial charge in [-0.05, 0) is 37.0 Å². The number of fused-ring (bicyclic) bond motifs is 3. The third kappa shape index (κ3) is 1.75. The Morgan fingerprint density at radius 1 is 1.41 bits per heavy atom. The van der Waals surface area contributed by atoms with Crippen molar-refractivity contribution in [3.05, 3.63) is 28.2 Å². The van der Waals surface area contributed by atoms with Crippen LogP contribution >= 0.6 is 15.9 Å². The van der Waals surface area contributed by atoms with Crippen LogP contribution in [0.25, 0.3) is 0 Å². The smallest absolute Gasteiger partial charge is 0.308 e. The molecule has 3 nitrogen and oxygen atoms in total. The fourth-order valence-electron chi connectivity index (χ4n) is 3.12. The van der Waals surface area contributed by atoms with E-state index in [1.54, 1.807) is 0 Å². The third-order valence-corrected chi connectivity index (χ3v) is 4.42. The van der Waals surface area contributed by atoms with Crippen molar-refractivity contribution in [2.45, 2.75) is 25.3 Å². The van der Waals surface area contributed by atoms with Gasteiger partial charge in [0, 0.05) is 22.7 Å². The molecular formula is C13H14BrNO2. The number of nitrogens with zero attached hydrogens (tertiary/aromatic N) is 1. The van der Waals surface area contributed by atoms with E-state index in [0.29, 0.717) is 0 Å². The second-order valence-electron chi connectivity index (χ2n) is 4.81. The lowest BCUT2D eigenvalue weighted by Gasteiger charge is -2.35. The number of rotatable bonds is 1. The first-order chi connectivity index (χ1) is 8.16. The van der Waals surface area contributed by atoms with Crippen LogP contribution in [0.1, 0.15) is 18.4 Å². The number of hydrogen-bond acceptors (Lipinski definition) is 2. The average Bonchev–Trinajstić information content (AvgIpc) is 2.72. The minimum atomic E-state index is -0.643. The zero-order valence-electron chi connectivity index (χ0n) is 9.40. The second kappa shape index (κ2) is 4.02. The third-order valence-electron chi connectivity index (χ3n) is 3.93. The number of benzene rings is 1. The predicted octanol–water partition coefficient (Wildman–Crippen LogP) is 2.67. The summed E-state index contributed by atoms with van der Waals surface area (Å²) in [5.41, 5.74) is 2.56. The summed E-state index contributed by atoms with van der Waals surface area (Å²) in [6, 6.07) is 6.51. The Hall–Kier alpha value is -1.03. The van der Waals surface area contributed by atoms with E-state index in [9.17, 15) is 9.90 Å². The van der Waals surface area contributed by atoms with Gasteiger partial charge in [-0.15, -0.1) is 0 Å². The molecule has 0 amide bonds. The minimum absolute atomic E-state index is 0.189. The number of hydrogen-bond donors (Lipinski definition) is 1. The molecule has 3 rings (SSSR count). The molecule has 0 bridgehead atoms. The topological polar surface area (TPSA) is 40.5 Å². The molecule has 2 heterocycles. The quantitative estimate of drug-likeness (QED) is 0.866. The van der Waals surface area contributed by atoms with Crippen molar-refractivity contribution in [2.24, 2.45) is 5.92 Å². The van der Waals surface area contributed by atoms with Gasteiger partial charge >= 0.3 is 5.97 Å². The van der Waals surface area contributed by atoms with E-state index in [0.717, 1.165) is 30.3 Å². The Labute approximate surface area is 109 Å². The summed E-state index contributed by atoms with van der Waals surface area (Å²) >= 11 is 3.49. The summed E-state index contributed by atoms with van der Waals surface area (Å²) in [5.74, 6) is -0.835. The van der Waals surface area contributed by atoms with E-state index in [4.69, 9.17) is 0 Å². The molecule has 2 aliphatic rings. The molecule has 0 radical (unpaired) electrons. The molecular weight excluding hydrogens is 282 g/mol. The second-order valence-corrected chi connectivity index (χ2v) is 5.72. The van der Waals surface area contributed by atoms with Gasteiger partial charge < -0.3 is 10.0 Å². The van der Waals surface area contributed by atoms with Crippen LogP contribution in [0.2, 0.25) is 0 Å². The van der Waals surface area contributed by atoms with Gasteiger partial charge in [-0.3, -0.25) is 4.79 Å². The zero-order chi connectivity index (χ0) is 12.0. The van der Waals surface area contributed by atoms with Crippen molar-refractivity contribution < 1.29 is 9.90 Å². The highest BCUT2D eigenvalue weighted by molar-refractivity contribution is 9.10. The van der Waals surface area contributed by atoms with Crippen LogP contribution in [0.5, 0.6) is 0 Å². The van der Waals surface area contributed by atoms with Crippen molar-refractivity contribution >= 4 is 27.6 Å². The number of aliphatic carboxylic acids is 1. The van der Waals surface area contributed by atoms with Crippen LogP contribution in [0.3, 0.4) is 0 Å². The fraction of sp³-hybridized carbons (Fsp3) is 0.462. The lowest BCUT2D eigenvalue weighted by molar-refractivity contribution is -0.141. The van der Waals surface area contributed by atoms with Crippen LogP contribution in [-0.2, 0) is 11.2 Å². The van der Waals surface area contributed by atoms with Crippen LogP contribution in [0.15, 0.2) is 22.7 Å². The van der Waals surface area contributed by atoms with Gasteiger partial charge in [0.15, 0.2) is 0 Å². The number of halogens is 1. The largest absolute Gasteiger partial charge is 0.481 e. The van der Waals surface area contributed by atoms with Crippen molar-refractivity contribution in [2.75, 3.05) is 11.4 Å². The molecule has 1 aromatic rings. The molecule has 2 atom stereocenters. The lowest BCUT2D eigenvalue weighted by atomic mass is 9.90. The Morgan fingerprint density at radius 3 is 3.00 bits per heavy atom. The number of aryl methyl sites for hydroxylation is 1. The summed E-state index contributed by atoms with van der Waals surface area (Å²) in [4.78, 5) is 13.5. The number of anilines is 1. The molecule has 1 N–H and O–H groups in total. The van der Waals surface area contributed by atoms with Crippen molar-refractivity contribution in [1.29, 1.82) is 0 Å². The van der Waals surface area contributed by atoms with Gasteiger partial charge in [-0.25, -0.2) is 0 Å². The van der Waals surface area contributed by atoms with Gasteiger partial charge in [-0.2, -0.15) is 0 Å². The summed E-state index contributed by atoms with van der Waals surface area (Å²) in [6.45, 7) is 0.866. The van der Waals surface area contributed by atoms with Crippen LogP contribution in [0.4, 0.5) is 5.69 Å². The SMILES string of the molecule is O=C(O)C1CCN2c3cc(Br)ccc3CCC12. The van der Waals surface area contributed by atoms with E-state index < -0.39 is 5.97 Å². The maximum Gasteiger partial charge on any atom is 0.308 e. The zero-order valence-corrected chi connectivity index (χ0v) is 11.0. The van der Waals surface area contributed by atoms with Gasteiger partial charge in [0.05, 0.1) is 5.92 Å². The summed E-state index contributed by atoms with van der Waals surface area (Å²) in [6.07, 6.45) is 2.73. The Balaban J connectivity index is 1.98. The van der Waals surface area contributed by atoms with Crippen LogP contribution in [0, 0.1) is 5.92 Å². The highest BCUT2D eigenvalue weighted by Crippen LogP contribution is 2.40. The molecule has 1 saturated heterocycles. The van der Waals surface area contributed by atoms with Crippen molar-refractivity contribution in [3.8, 4) is 0 Å². The summed E-state index contributed by atoms with van der Waals surface area (Å²) in [5, 5.41) is 9.22. The normalized spacial score (nSPS) is 26.5. The highest BCUT2D eigenvalue weighted by Gasteiger charge is 2.41. The average molecular weight is 296 g/mol. The molecule has 17 heavy (non-hydrogen) atoms. The van der Waals surface area contributed by atoms with E-state index in [1.807, 2.05) is 0 Å². The maximum absolute atomic E-state index is 11.2. The molecule has 0 saturated carbocycles. The predicted molar refractivity (Wildman–Crippen MR) is 69.3 cm³/mol. The van der Waals surface area contributed by atoms with E-state index in [-0.39, 0.29) is 12.0 Å². The first-order valence-electron chi connectivity index (χ1n) is 5.94. The van der Waals surface area contributed by atoms with Gasteiger partial charge in [0.1, 0.15) is 0 Å². The molecule has 1 aromatic carbocycles. The van der Waals surface area contributed by atoms with Crippen molar-refractivity contribution in [1.82, 2.24) is 0 Å². The lowest BCUT2D eigenvalue weighted by Crippen LogP contribution is -2.39. The van der Waals surface area contributed by atoms with Crippen molar-refractivity contribution in [3.63, 3.8) is 0 Å². The number of carboxylic acids is 1. The molecule has 0 aromatic heterocycles. The Kier molecular flexibility index (Phi) is 2.62. The van der Waals surface area contributed by atoms with Gasteiger partial charge in [-0.1, -0.05) is 22.0 Å². The standard InChI is InChI=1S/C13H14BrNO2/c14-9-3-1-8-2-4-11-10(13(16)17)5-6-15(11)12(8)7-9/h1,3,7,10-11H,2,4-6H2,(H,16,17). The molecule has 4 heteroatoms. The molecule has 1 fully saturated rings. The van der Waals surface area contributed by atoms with E-state index >= 15 is 0 Å². The molecule has 2 unspecified atom stereocenters.